The fraction of sp³-hybridized carbons (Fsp3) is 0.0870. The van der Waals surface area contributed by atoms with Gasteiger partial charge < -0.3 is 9.72 Å². The number of benzene rings is 2. The van der Waals surface area contributed by atoms with E-state index in [0.717, 1.165) is 16.5 Å². The second-order valence-corrected chi connectivity index (χ2v) is 6.79. The van der Waals surface area contributed by atoms with Crippen LogP contribution >= 0.6 is 0 Å². The van der Waals surface area contributed by atoms with Gasteiger partial charge in [0.25, 0.3) is 5.56 Å². The number of fused-ring (bicyclic) bond motifs is 4. The second-order valence-electron chi connectivity index (χ2n) is 6.79. The third-order valence-electron chi connectivity index (χ3n) is 4.98. The van der Waals surface area contributed by atoms with Gasteiger partial charge in [0.15, 0.2) is 0 Å². The number of hydrogen-bond donors (Lipinski definition) is 1. The summed E-state index contributed by atoms with van der Waals surface area (Å²) in [7, 11) is 0. The van der Waals surface area contributed by atoms with Crippen molar-refractivity contribution in [3.05, 3.63) is 82.8 Å². The highest BCUT2D eigenvalue weighted by Crippen LogP contribution is 2.26. The third-order valence-corrected chi connectivity index (χ3v) is 4.98. The van der Waals surface area contributed by atoms with Gasteiger partial charge in [-0.25, -0.2) is 9.78 Å². The monoisotopic (exact) mass is 383 g/mol. The van der Waals surface area contributed by atoms with Crippen molar-refractivity contribution in [2.45, 2.75) is 6.92 Å². The minimum absolute atomic E-state index is 0.0440. The van der Waals surface area contributed by atoms with Gasteiger partial charge in [-0.15, -0.1) is 0 Å². The number of esters is 1. The Kier molecular flexibility index (Phi) is 3.91. The summed E-state index contributed by atoms with van der Waals surface area (Å²) in [5, 5.41) is 2.34. The van der Waals surface area contributed by atoms with Crippen LogP contribution in [0.3, 0.4) is 0 Å². The van der Waals surface area contributed by atoms with Crippen LogP contribution in [0.5, 0.6) is 0 Å². The van der Waals surface area contributed by atoms with Crippen LogP contribution in [-0.4, -0.2) is 26.9 Å². The maximum absolute atomic E-state index is 12.4. The Morgan fingerprint density at radius 1 is 1.03 bits per heavy atom. The van der Waals surface area contributed by atoms with E-state index in [2.05, 4.69) is 40.3 Å². The molecule has 0 spiro atoms. The molecular formula is C23H17N3O3. The van der Waals surface area contributed by atoms with Gasteiger partial charge in [0.2, 0.25) is 0 Å². The van der Waals surface area contributed by atoms with Crippen LogP contribution in [0.2, 0.25) is 0 Å². The van der Waals surface area contributed by atoms with E-state index >= 15 is 0 Å². The molecule has 1 N–H and O–H groups in total. The number of aromatic nitrogens is 3. The van der Waals surface area contributed by atoms with Gasteiger partial charge in [-0.1, -0.05) is 36.4 Å². The quantitative estimate of drug-likeness (QED) is 0.474. The molecule has 29 heavy (non-hydrogen) atoms. The lowest BCUT2D eigenvalue weighted by Gasteiger charge is -2.06. The lowest BCUT2D eigenvalue weighted by Crippen LogP contribution is -2.19. The van der Waals surface area contributed by atoms with Gasteiger partial charge in [-0.3, -0.25) is 9.20 Å². The van der Waals surface area contributed by atoms with Crippen LogP contribution < -0.4 is 5.56 Å². The number of nitrogens with zero attached hydrogens (tertiary/aromatic N) is 2. The number of pyridine rings is 2. The van der Waals surface area contributed by atoms with Crippen molar-refractivity contribution in [1.82, 2.24) is 14.4 Å². The fourth-order valence-electron chi connectivity index (χ4n) is 3.57. The molecule has 0 radical (unpaired) electrons. The Labute approximate surface area is 165 Å². The normalized spacial score (nSPS) is 11.3. The zero-order chi connectivity index (χ0) is 20.0. The Hall–Kier alpha value is -3.93. The third kappa shape index (κ3) is 2.86. The zero-order valence-electron chi connectivity index (χ0n) is 15.7. The van der Waals surface area contributed by atoms with Crippen LogP contribution in [0.1, 0.15) is 17.3 Å². The summed E-state index contributed by atoms with van der Waals surface area (Å²) in [6.45, 7) is 1.90. The highest BCUT2D eigenvalue weighted by Gasteiger charge is 2.16. The molecule has 6 nitrogen and oxygen atoms in total. The molecule has 3 heterocycles. The van der Waals surface area contributed by atoms with Crippen LogP contribution in [-0.2, 0) is 4.74 Å². The smallest absolute Gasteiger partial charge is 0.343 e. The lowest BCUT2D eigenvalue weighted by atomic mass is 10.0. The molecule has 2 aromatic carbocycles. The first-order valence-electron chi connectivity index (χ1n) is 9.35. The first kappa shape index (κ1) is 17.2. The lowest BCUT2D eigenvalue weighted by molar-refractivity contribution is 0.0524. The van der Waals surface area contributed by atoms with Gasteiger partial charge in [-0.05, 0) is 53.1 Å². The molecule has 0 unspecified atom stereocenters. The van der Waals surface area contributed by atoms with Crippen molar-refractivity contribution < 1.29 is 9.53 Å². The molecule has 0 aliphatic rings. The molecule has 0 saturated heterocycles. The van der Waals surface area contributed by atoms with Crippen LogP contribution in [0.4, 0.5) is 0 Å². The molecule has 142 valence electrons. The van der Waals surface area contributed by atoms with E-state index in [1.165, 1.54) is 11.5 Å². The molecule has 5 aromatic rings. The topological polar surface area (TPSA) is 76.5 Å². The summed E-state index contributed by atoms with van der Waals surface area (Å²) in [6, 6.07) is 19.9. The summed E-state index contributed by atoms with van der Waals surface area (Å²) >= 11 is 0. The van der Waals surface area contributed by atoms with Crippen molar-refractivity contribution in [2.24, 2.45) is 0 Å². The number of carbonyl (C=O) groups excluding carboxylic acids is 1. The number of rotatable bonds is 3. The average Bonchev–Trinajstić information content (AvgIpc) is 3.09. The van der Waals surface area contributed by atoms with Crippen molar-refractivity contribution in [1.29, 1.82) is 0 Å². The van der Waals surface area contributed by atoms with E-state index in [9.17, 15) is 9.59 Å². The first-order valence-corrected chi connectivity index (χ1v) is 9.35. The van der Waals surface area contributed by atoms with E-state index in [1.54, 1.807) is 6.92 Å². The van der Waals surface area contributed by atoms with Gasteiger partial charge in [0, 0.05) is 6.20 Å². The number of imidazole rings is 1. The zero-order valence-corrected chi connectivity index (χ0v) is 15.7. The maximum Gasteiger partial charge on any atom is 0.343 e. The number of aromatic amines is 1. The number of nitrogens with one attached hydrogen (secondary N) is 1. The minimum Gasteiger partial charge on any atom is -0.462 e. The van der Waals surface area contributed by atoms with E-state index in [0.29, 0.717) is 16.8 Å². The molecule has 0 aliphatic carbocycles. The van der Waals surface area contributed by atoms with Crippen LogP contribution in [0, 0.1) is 0 Å². The van der Waals surface area contributed by atoms with Gasteiger partial charge >= 0.3 is 5.97 Å². The van der Waals surface area contributed by atoms with Gasteiger partial charge in [0.1, 0.15) is 22.4 Å². The molecule has 0 saturated carbocycles. The molecule has 0 aliphatic heterocycles. The molecule has 0 atom stereocenters. The molecule has 0 bridgehead atoms. The SMILES string of the molecule is CCOC(=O)c1cc2nc3ccc(-c4ccc5ccccc5c4)cn3c2[nH]c1=O. The van der Waals surface area contributed by atoms with Crippen molar-refractivity contribution in [2.75, 3.05) is 6.61 Å². The summed E-state index contributed by atoms with van der Waals surface area (Å²) in [5.41, 5.74) is 3.28. The van der Waals surface area contributed by atoms with Crippen molar-refractivity contribution in [3.63, 3.8) is 0 Å². The number of H-pyrrole nitrogens is 1. The average molecular weight is 383 g/mol. The summed E-state index contributed by atoms with van der Waals surface area (Å²) in [4.78, 5) is 31.7. The summed E-state index contributed by atoms with van der Waals surface area (Å²) in [5.74, 6) is -0.649. The van der Waals surface area contributed by atoms with Crippen LogP contribution in [0.25, 0.3) is 38.7 Å². The Morgan fingerprint density at radius 3 is 2.66 bits per heavy atom. The molecule has 3 aromatic heterocycles. The second kappa shape index (κ2) is 6.60. The van der Waals surface area contributed by atoms with Crippen molar-refractivity contribution >= 4 is 33.6 Å². The molecule has 0 fully saturated rings. The van der Waals surface area contributed by atoms with E-state index in [4.69, 9.17) is 4.74 Å². The highest BCUT2D eigenvalue weighted by atomic mass is 16.5. The van der Waals surface area contributed by atoms with E-state index < -0.39 is 11.5 Å². The minimum atomic E-state index is -0.649. The fourth-order valence-corrected chi connectivity index (χ4v) is 3.57. The largest absolute Gasteiger partial charge is 0.462 e. The highest BCUT2D eigenvalue weighted by molar-refractivity contribution is 5.93. The van der Waals surface area contributed by atoms with Crippen molar-refractivity contribution in [3.8, 4) is 11.1 Å². The number of carbonyl (C=O) groups is 1. The first-order chi connectivity index (χ1) is 14.1. The Balaban J connectivity index is 1.67. The molecule has 0 amide bonds. The van der Waals surface area contributed by atoms with E-state index in [-0.39, 0.29) is 12.2 Å². The van der Waals surface area contributed by atoms with E-state index in [1.807, 2.05) is 34.9 Å². The number of ether oxygens (including phenoxy) is 1. The predicted octanol–water partition coefficient (Wildman–Crippen LogP) is 4.17. The predicted molar refractivity (Wildman–Crippen MR) is 112 cm³/mol. The van der Waals surface area contributed by atoms with Gasteiger partial charge in [0.05, 0.1) is 6.61 Å². The summed E-state index contributed by atoms with van der Waals surface area (Å²) in [6.07, 6.45) is 1.94. The molecule has 6 heteroatoms. The number of hydrogen-bond acceptors (Lipinski definition) is 4. The Morgan fingerprint density at radius 2 is 1.83 bits per heavy atom. The van der Waals surface area contributed by atoms with Crippen LogP contribution in [0.15, 0.2) is 71.7 Å². The standard InChI is InChI=1S/C23H17N3O3/c1-2-29-23(28)18-12-19-21(25-22(18)27)26-13-17(9-10-20(26)24-19)16-8-7-14-5-3-4-6-15(14)11-16/h3-13H,2H2,1H3,(H,25,27). The maximum atomic E-state index is 12.4. The summed E-state index contributed by atoms with van der Waals surface area (Å²) < 4.78 is 6.78. The molecular weight excluding hydrogens is 366 g/mol. The molecule has 5 rings (SSSR count). The Bertz CT molecular complexity index is 1460. The van der Waals surface area contributed by atoms with Gasteiger partial charge in [-0.2, -0.15) is 0 Å².